The third kappa shape index (κ3) is 2.77. The molecule has 0 spiro atoms. The molecular weight excluding hydrogens is 424 g/mol. The minimum Gasteiger partial charge on any atom is -0.461 e. The largest absolute Gasteiger partial charge is 0.461 e. The van der Waals surface area contributed by atoms with Crippen LogP contribution in [0.15, 0.2) is 51.8 Å². The number of sulfonamides is 1. The fraction of sp³-hybridized carbons (Fsp3) is 0.240. The number of amides is 1. The molecular formula is C25H22N2O4S. The number of nitrogens with one attached hydrogen (secondary N) is 2. The highest BCUT2D eigenvalue weighted by Crippen LogP contribution is 2.39. The summed E-state index contributed by atoms with van der Waals surface area (Å²) < 4.78 is 35.8. The SMILES string of the molecule is Cc1cc2oc3c(c2cc1NS(=O)(=O)c1ccc2c4c(cccc14)C(=O)N2)C[C@H](C)CC3. The summed E-state index contributed by atoms with van der Waals surface area (Å²) in [5.74, 6) is 1.38. The van der Waals surface area contributed by atoms with Gasteiger partial charge in [0.15, 0.2) is 0 Å². The first-order chi connectivity index (χ1) is 15.3. The van der Waals surface area contributed by atoms with Crippen LogP contribution >= 0.6 is 0 Å². The van der Waals surface area contributed by atoms with Crippen molar-refractivity contribution >= 4 is 49.0 Å². The van der Waals surface area contributed by atoms with Gasteiger partial charge in [-0.05, 0) is 61.6 Å². The van der Waals surface area contributed by atoms with Crippen LogP contribution < -0.4 is 10.0 Å². The van der Waals surface area contributed by atoms with Crippen molar-refractivity contribution in [1.29, 1.82) is 0 Å². The van der Waals surface area contributed by atoms with Crippen LogP contribution in [-0.4, -0.2) is 14.3 Å². The standard InChI is InChI=1S/C25H22N2O4S/c1-13-6-8-21-17(10-13)18-12-20(14(2)11-22(18)31-21)27-32(29,30)23-9-7-19-24-15(23)4-3-5-16(24)25(28)26-19/h3-5,7,9,11-13,27H,6,8,10H2,1-2H3,(H,26,28)/t13-/m1/s1. The molecule has 1 aliphatic carbocycles. The highest BCUT2D eigenvalue weighted by molar-refractivity contribution is 7.93. The molecule has 1 amide bonds. The molecule has 6 rings (SSSR count). The monoisotopic (exact) mass is 446 g/mol. The third-order valence-corrected chi connectivity index (χ3v) is 8.09. The van der Waals surface area contributed by atoms with Gasteiger partial charge in [0.2, 0.25) is 0 Å². The normalized spacial score (nSPS) is 17.6. The number of benzene rings is 3. The van der Waals surface area contributed by atoms with Gasteiger partial charge in [-0.3, -0.25) is 9.52 Å². The molecule has 0 saturated carbocycles. The number of aryl methyl sites for hydroxylation is 2. The van der Waals surface area contributed by atoms with Crippen molar-refractivity contribution in [3.63, 3.8) is 0 Å². The molecule has 6 nitrogen and oxygen atoms in total. The summed E-state index contributed by atoms with van der Waals surface area (Å²) in [6, 6.07) is 12.2. The van der Waals surface area contributed by atoms with Gasteiger partial charge in [0.05, 0.1) is 10.6 Å². The average Bonchev–Trinajstić information content (AvgIpc) is 3.26. The Balaban J connectivity index is 1.47. The van der Waals surface area contributed by atoms with Gasteiger partial charge in [-0.2, -0.15) is 0 Å². The molecule has 2 N–H and O–H groups in total. The molecule has 4 aromatic rings. The molecule has 1 aliphatic heterocycles. The number of rotatable bonds is 3. The number of fused-ring (bicyclic) bond motifs is 3. The number of carbonyl (C=O) groups excluding carboxylic acids is 1. The first-order valence-electron chi connectivity index (χ1n) is 10.8. The second-order valence-electron chi connectivity index (χ2n) is 8.91. The molecule has 0 unspecified atom stereocenters. The Morgan fingerprint density at radius 2 is 1.97 bits per heavy atom. The van der Waals surface area contributed by atoms with E-state index in [9.17, 15) is 13.2 Å². The minimum atomic E-state index is -3.89. The lowest BCUT2D eigenvalue weighted by Gasteiger charge is -2.17. The topological polar surface area (TPSA) is 88.4 Å². The summed E-state index contributed by atoms with van der Waals surface area (Å²) in [4.78, 5) is 12.3. The summed E-state index contributed by atoms with van der Waals surface area (Å²) in [6.07, 6.45) is 2.96. The van der Waals surface area contributed by atoms with E-state index in [-0.39, 0.29) is 10.8 Å². The maximum Gasteiger partial charge on any atom is 0.262 e. The van der Waals surface area contributed by atoms with Crippen molar-refractivity contribution in [3.05, 3.63) is 64.9 Å². The van der Waals surface area contributed by atoms with Gasteiger partial charge in [-0.15, -0.1) is 0 Å². The van der Waals surface area contributed by atoms with Crippen molar-refractivity contribution in [1.82, 2.24) is 0 Å². The Kier molecular flexibility index (Phi) is 3.99. The smallest absolute Gasteiger partial charge is 0.262 e. The van der Waals surface area contributed by atoms with E-state index in [0.717, 1.165) is 41.6 Å². The summed E-state index contributed by atoms with van der Waals surface area (Å²) in [7, 11) is -3.89. The molecule has 1 atom stereocenters. The highest BCUT2D eigenvalue weighted by Gasteiger charge is 2.27. The Morgan fingerprint density at radius 1 is 1.12 bits per heavy atom. The van der Waals surface area contributed by atoms with E-state index in [0.29, 0.717) is 33.6 Å². The Morgan fingerprint density at radius 3 is 2.81 bits per heavy atom. The van der Waals surface area contributed by atoms with Crippen LogP contribution in [0.1, 0.15) is 40.6 Å². The van der Waals surface area contributed by atoms with Gasteiger partial charge in [0, 0.05) is 39.4 Å². The Hall–Kier alpha value is -3.32. The van der Waals surface area contributed by atoms with E-state index in [1.807, 2.05) is 19.1 Å². The molecule has 2 heterocycles. The van der Waals surface area contributed by atoms with Gasteiger partial charge in [0.1, 0.15) is 11.3 Å². The number of anilines is 2. The predicted molar refractivity (Wildman–Crippen MR) is 125 cm³/mol. The second kappa shape index (κ2) is 6.59. The third-order valence-electron chi connectivity index (χ3n) is 6.67. The Bertz CT molecular complexity index is 1570. The van der Waals surface area contributed by atoms with Gasteiger partial charge in [-0.1, -0.05) is 19.1 Å². The fourth-order valence-electron chi connectivity index (χ4n) is 5.01. The summed E-state index contributed by atoms with van der Waals surface area (Å²) >= 11 is 0. The quantitative estimate of drug-likeness (QED) is 0.442. The Labute approximate surface area is 185 Å². The zero-order valence-electron chi connectivity index (χ0n) is 17.8. The van der Waals surface area contributed by atoms with E-state index in [1.165, 1.54) is 5.56 Å². The van der Waals surface area contributed by atoms with E-state index in [4.69, 9.17) is 4.42 Å². The molecule has 3 aromatic carbocycles. The number of hydrogen-bond acceptors (Lipinski definition) is 4. The van der Waals surface area contributed by atoms with Crippen LogP contribution in [0.25, 0.3) is 21.7 Å². The lowest BCUT2D eigenvalue weighted by atomic mass is 9.88. The predicted octanol–water partition coefficient (Wildman–Crippen LogP) is 5.39. The van der Waals surface area contributed by atoms with E-state index in [1.54, 1.807) is 30.3 Å². The first kappa shape index (κ1) is 19.4. The van der Waals surface area contributed by atoms with Crippen molar-refractivity contribution in [3.8, 4) is 0 Å². The zero-order valence-corrected chi connectivity index (χ0v) is 18.6. The fourth-order valence-corrected chi connectivity index (χ4v) is 6.33. The van der Waals surface area contributed by atoms with Gasteiger partial charge in [-0.25, -0.2) is 8.42 Å². The average molecular weight is 447 g/mol. The zero-order chi connectivity index (χ0) is 22.2. The van der Waals surface area contributed by atoms with E-state index >= 15 is 0 Å². The summed E-state index contributed by atoms with van der Waals surface area (Å²) in [5.41, 5.74) is 4.45. The lowest BCUT2D eigenvalue weighted by Crippen LogP contribution is -2.14. The maximum atomic E-state index is 13.5. The maximum absolute atomic E-state index is 13.5. The summed E-state index contributed by atoms with van der Waals surface area (Å²) in [6.45, 7) is 4.10. The van der Waals surface area contributed by atoms with Gasteiger partial charge in [0.25, 0.3) is 15.9 Å². The van der Waals surface area contributed by atoms with Crippen molar-refractivity contribution in [2.45, 2.75) is 38.0 Å². The van der Waals surface area contributed by atoms with Crippen LogP contribution in [0.5, 0.6) is 0 Å². The molecule has 0 fully saturated rings. The van der Waals surface area contributed by atoms with Crippen molar-refractivity contribution in [2.75, 3.05) is 10.0 Å². The van der Waals surface area contributed by atoms with Crippen molar-refractivity contribution < 1.29 is 17.6 Å². The van der Waals surface area contributed by atoms with Crippen LogP contribution in [0.3, 0.4) is 0 Å². The van der Waals surface area contributed by atoms with Crippen molar-refractivity contribution in [2.24, 2.45) is 5.92 Å². The summed E-state index contributed by atoms with van der Waals surface area (Å²) in [5, 5.41) is 4.94. The lowest BCUT2D eigenvalue weighted by molar-refractivity contribution is 0.103. The van der Waals surface area contributed by atoms with E-state index < -0.39 is 10.0 Å². The number of hydrogen-bond donors (Lipinski definition) is 2. The molecule has 32 heavy (non-hydrogen) atoms. The van der Waals surface area contributed by atoms with Crippen LogP contribution in [-0.2, 0) is 22.9 Å². The number of furan rings is 1. The first-order valence-corrected chi connectivity index (χ1v) is 12.2. The second-order valence-corrected chi connectivity index (χ2v) is 10.6. The molecule has 0 radical (unpaired) electrons. The molecule has 7 heteroatoms. The van der Waals surface area contributed by atoms with Crippen LogP contribution in [0.4, 0.5) is 11.4 Å². The van der Waals surface area contributed by atoms with Crippen LogP contribution in [0, 0.1) is 12.8 Å². The molecule has 2 aliphatic rings. The van der Waals surface area contributed by atoms with Gasteiger partial charge < -0.3 is 9.73 Å². The molecule has 162 valence electrons. The highest BCUT2D eigenvalue weighted by atomic mass is 32.2. The van der Waals surface area contributed by atoms with E-state index in [2.05, 4.69) is 17.0 Å². The van der Waals surface area contributed by atoms with Gasteiger partial charge >= 0.3 is 0 Å². The number of carbonyl (C=O) groups is 1. The molecule has 0 bridgehead atoms. The molecule has 1 aromatic heterocycles. The molecule has 0 saturated heterocycles. The minimum absolute atomic E-state index is 0.150. The van der Waals surface area contributed by atoms with Crippen LogP contribution in [0.2, 0.25) is 0 Å².